The zero-order valence-electron chi connectivity index (χ0n) is 7.81. The highest BCUT2D eigenvalue weighted by Gasteiger charge is 2.19. The standard InChI is InChI=1S/C10H16N2O/c1-2-3-4-5-12-10(13)6-9-7-11-8-9/h1,9,11H,3-8H2,(H,12,13). The normalized spacial score (nSPS) is 15.9. The van der Waals surface area contributed by atoms with Gasteiger partial charge in [0.1, 0.15) is 0 Å². The molecule has 72 valence electrons. The Labute approximate surface area is 79.3 Å². The lowest BCUT2D eigenvalue weighted by Gasteiger charge is -2.26. The molecule has 0 spiro atoms. The minimum Gasteiger partial charge on any atom is -0.356 e. The van der Waals surface area contributed by atoms with Gasteiger partial charge in [-0.3, -0.25) is 4.79 Å². The van der Waals surface area contributed by atoms with Crippen molar-refractivity contribution in [3.05, 3.63) is 0 Å². The number of carbonyl (C=O) groups is 1. The third-order valence-corrected chi connectivity index (χ3v) is 2.16. The summed E-state index contributed by atoms with van der Waals surface area (Å²) in [6.07, 6.45) is 7.36. The molecule has 1 aliphatic rings. The Morgan fingerprint density at radius 3 is 2.92 bits per heavy atom. The van der Waals surface area contributed by atoms with Gasteiger partial charge in [0.2, 0.25) is 5.91 Å². The van der Waals surface area contributed by atoms with Gasteiger partial charge in [-0.1, -0.05) is 0 Å². The van der Waals surface area contributed by atoms with Crippen LogP contribution in [0, 0.1) is 18.3 Å². The average molecular weight is 180 g/mol. The first-order chi connectivity index (χ1) is 6.33. The van der Waals surface area contributed by atoms with Gasteiger partial charge >= 0.3 is 0 Å². The Bertz CT molecular complexity index is 203. The van der Waals surface area contributed by atoms with Gasteiger partial charge in [-0.2, -0.15) is 0 Å². The molecule has 3 heteroatoms. The fourth-order valence-corrected chi connectivity index (χ4v) is 1.25. The van der Waals surface area contributed by atoms with E-state index in [4.69, 9.17) is 6.42 Å². The number of nitrogens with one attached hydrogen (secondary N) is 2. The van der Waals surface area contributed by atoms with Crippen LogP contribution in [-0.4, -0.2) is 25.5 Å². The largest absolute Gasteiger partial charge is 0.356 e. The van der Waals surface area contributed by atoms with Gasteiger partial charge in [-0.15, -0.1) is 12.3 Å². The van der Waals surface area contributed by atoms with Crippen LogP contribution in [0.15, 0.2) is 0 Å². The molecule has 1 fully saturated rings. The van der Waals surface area contributed by atoms with Crippen molar-refractivity contribution in [2.24, 2.45) is 5.92 Å². The molecule has 1 heterocycles. The summed E-state index contributed by atoms with van der Waals surface area (Å²) in [4.78, 5) is 11.2. The molecule has 0 unspecified atom stereocenters. The van der Waals surface area contributed by atoms with Crippen molar-refractivity contribution in [1.82, 2.24) is 10.6 Å². The first-order valence-corrected chi connectivity index (χ1v) is 4.74. The van der Waals surface area contributed by atoms with E-state index < -0.39 is 0 Å². The van der Waals surface area contributed by atoms with Gasteiger partial charge < -0.3 is 10.6 Å². The molecule has 0 aromatic carbocycles. The molecule has 1 amide bonds. The number of terminal acetylenes is 1. The maximum Gasteiger partial charge on any atom is 0.220 e. The molecule has 13 heavy (non-hydrogen) atoms. The number of unbranched alkanes of at least 4 members (excludes halogenated alkanes) is 1. The van der Waals surface area contributed by atoms with Crippen molar-refractivity contribution in [2.75, 3.05) is 19.6 Å². The highest BCUT2D eigenvalue weighted by Crippen LogP contribution is 2.07. The molecule has 1 aliphatic heterocycles. The maximum atomic E-state index is 11.2. The van der Waals surface area contributed by atoms with Gasteiger partial charge in [-0.05, 0) is 25.4 Å². The van der Waals surface area contributed by atoms with Gasteiger partial charge in [0.25, 0.3) is 0 Å². The van der Waals surface area contributed by atoms with Gasteiger partial charge in [0.15, 0.2) is 0 Å². The van der Waals surface area contributed by atoms with Crippen molar-refractivity contribution < 1.29 is 4.79 Å². The highest BCUT2D eigenvalue weighted by atomic mass is 16.1. The predicted octanol–water partition coefficient (Wildman–Crippen LogP) is 0.126. The van der Waals surface area contributed by atoms with Crippen molar-refractivity contribution >= 4 is 5.91 Å². The molecule has 0 aromatic heterocycles. The SMILES string of the molecule is C#CCCCNC(=O)CC1CNC1. The van der Waals surface area contributed by atoms with E-state index in [0.29, 0.717) is 18.9 Å². The molecule has 0 atom stereocenters. The zero-order chi connectivity index (χ0) is 9.52. The summed E-state index contributed by atoms with van der Waals surface area (Å²) in [5.74, 6) is 3.25. The number of carbonyl (C=O) groups excluding carboxylic acids is 1. The van der Waals surface area contributed by atoms with Crippen molar-refractivity contribution in [3.8, 4) is 12.3 Å². The highest BCUT2D eigenvalue weighted by molar-refractivity contribution is 5.76. The quantitative estimate of drug-likeness (QED) is 0.466. The smallest absolute Gasteiger partial charge is 0.220 e. The fraction of sp³-hybridized carbons (Fsp3) is 0.700. The summed E-state index contributed by atoms with van der Waals surface area (Å²) in [5, 5.41) is 5.99. The van der Waals surface area contributed by atoms with Crippen LogP contribution in [-0.2, 0) is 4.79 Å². The van der Waals surface area contributed by atoms with Crippen LogP contribution in [0.4, 0.5) is 0 Å². The third kappa shape index (κ3) is 3.95. The third-order valence-electron chi connectivity index (χ3n) is 2.16. The molecule has 0 saturated carbocycles. The molecule has 0 radical (unpaired) electrons. The Morgan fingerprint density at radius 2 is 2.38 bits per heavy atom. The van der Waals surface area contributed by atoms with Gasteiger partial charge in [-0.25, -0.2) is 0 Å². The lowest BCUT2D eigenvalue weighted by Crippen LogP contribution is -2.44. The van der Waals surface area contributed by atoms with Crippen LogP contribution in [0.3, 0.4) is 0 Å². The van der Waals surface area contributed by atoms with E-state index >= 15 is 0 Å². The lowest BCUT2D eigenvalue weighted by molar-refractivity contribution is -0.122. The Kier molecular flexibility index (Phi) is 4.34. The van der Waals surface area contributed by atoms with E-state index in [1.807, 2.05) is 0 Å². The maximum absolute atomic E-state index is 11.2. The van der Waals surface area contributed by atoms with E-state index in [-0.39, 0.29) is 5.91 Å². The fourth-order valence-electron chi connectivity index (χ4n) is 1.25. The van der Waals surface area contributed by atoms with E-state index in [1.165, 1.54) is 0 Å². The van der Waals surface area contributed by atoms with Crippen molar-refractivity contribution in [3.63, 3.8) is 0 Å². The van der Waals surface area contributed by atoms with Crippen LogP contribution in [0.1, 0.15) is 19.3 Å². The Morgan fingerprint density at radius 1 is 1.62 bits per heavy atom. The van der Waals surface area contributed by atoms with Crippen LogP contribution < -0.4 is 10.6 Å². The number of hydrogen-bond acceptors (Lipinski definition) is 2. The summed E-state index contributed by atoms with van der Waals surface area (Å²) in [6, 6.07) is 0. The predicted molar refractivity (Wildman–Crippen MR) is 52.1 cm³/mol. The number of amides is 1. The second-order valence-corrected chi connectivity index (χ2v) is 3.39. The molecule has 1 saturated heterocycles. The second-order valence-electron chi connectivity index (χ2n) is 3.39. The summed E-state index contributed by atoms with van der Waals surface area (Å²) >= 11 is 0. The van der Waals surface area contributed by atoms with Gasteiger partial charge in [0.05, 0.1) is 0 Å². The van der Waals surface area contributed by atoms with Crippen molar-refractivity contribution in [2.45, 2.75) is 19.3 Å². The van der Waals surface area contributed by atoms with Gasteiger partial charge in [0, 0.05) is 19.4 Å². The number of rotatable bonds is 5. The molecule has 1 rings (SSSR count). The Balaban J connectivity index is 1.94. The van der Waals surface area contributed by atoms with Crippen LogP contribution in [0.2, 0.25) is 0 Å². The lowest BCUT2D eigenvalue weighted by atomic mass is 9.99. The van der Waals surface area contributed by atoms with Crippen molar-refractivity contribution in [1.29, 1.82) is 0 Å². The summed E-state index contributed by atoms with van der Waals surface area (Å²) in [7, 11) is 0. The molecule has 2 N–H and O–H groups in total. The van der Waals surface area contributed by atoms with E-state index in [9.17, 15) is 4.79 Å². The van der Waals surface area contributed by atoms with Crippen LogP contribution in [0.5, 0.6) is 0 Å². The summed E-state index contributed by atoms with van der Waals surface area (Å²) < 4.78 is 0. The number of hydrogen-bond donors (Lipinski definition) is 2. The minimum atomic E-state index is 0.156. The topological polar surface area (TPSA) is 41.1 Å². The van der Waals surface area contributed by atoms with Crippen LogP contribution >= 0.6 is 0 Å². The average Bonchev–Trinajstić information content (AvgIpc) is 2.06. The molecule has 3 nitrogen and oxygen atoms in total. The zero-order valence-corrected chi connectivity index (χ0v) is 7.81. The van der Waals surface area contributed by atoms with Crippen LogP contribution in [0.25, 0.3) is 0 Å². The van der Waals surface area contributed by atoms with E-state index in [0.717, 1.165) is 25.9 Å². The molecule has 0 bridgehead atoms. The molecular weight excluding hydrogens is 164 g/mol. The first-order valence-electron chi connectivity index (χ1n) is 4.74. The monoisotopic (exact) mass is 180 g/mol. The van der Waals surface area contributed by atoms with E-state index in [1.54, 1.807) is 0 Å². The minimum absolute atomic E-state index is 0.156. The second kappa shape index (κ2) is 5.60. The Hall–Kier alpha value is -1.01. The first kappa shape index (κ1) is 10.1. The molecule has 0 aliphatic carbocycles. The summed E-state index contributed by atoms with van der Waals surface area (Å²) in [6.45, 7) is 2.68. The van der Waals surface area contributed by atoms with E-state index in [2.05, 4.69) is 16.6 Å². The summed E-state index contributed by atoms with van der Waals surface area (Å²) in [5.41, 5.74) is 0. The molecule has 0 aromatic rings. The molecular formula is C10H16N2O.